The number of aliphatic hydroxyl groups excluding tert-OH is 1. The summed E-state index contributed by atoms with van der Waals surface area (Å²) >= 11 is 0. The summed E-state index contributed by atoms with van der Waals surface area (Å²) in [6.45, 7) is 7.11. The SMILES string of the molecule is CC(C)(C)OC(=O)N1CC(O)C(CNC(=O)OCC2CCCO2)C1. The summed E-state index contributed by atoms with van der Waals surface area (Å²) in [5.41, 5.74) is -0.579. The summed E-state index contributed by atoms with van der Waals surface area (Å²) in [6, 6.07) is 0. The lowest BCUT2D eigenvalue weighted by Crippen LogP contribution is -2.37. The molecule has 0 aliphatic carbocycles. The fraction of sp³-hybridized carbons (Fsp3) is 0.875. The first kappa shape index (κ1) is 18.8. The van der Waals surface area contributed by atoms with Crippen molar-refractivity contribution in [3.8, 4) is 0 Å². The van der Waals surface area contributed by atoms with Gasteiger partial charge in [-0.05, 0) is 33.6 Å². The van der Waals surface area contributed by atoms with E-state index >= 15 is 0 Å². The van der Waals surface area contributed by atoms with E-state index in [-0.39, 0.29) is 31.7 Å². The molecule has 8 nitrogen and oxygen atoms in total. The lowest BCUT2D eigenvalue weighted by atomic mass is 10.1. The minimum absolute atomic E-state index is 0.0181. The summed E-state index contributed by atoms with van der Waals surface area (Å²) in [6.07, 6.45) is 0.189. The van der Waals surface area contributed by atoms with Crippen molar-refractivity contribution in [1.82, 2.24) is 10.2 Å². The van der Waals surface area contributed by atoms with E-state index in [0.717, 1.165) is 12.8 Å². The van der Waals surface area contributed by atoms with Gasteiger partial charge in [0.25, 0.3) is 0 Å². The van der Waals surface area contributed by atoms with Gasteiger partial charge in [0.2, 0.25) is 0 Å². The van der Waals surface area contributed by atoms with Crippen LogP contribution >= 0.6 is 0 Å². The van der Waals surface area contributed by atoms with Gasteiger partial charge >= 0.3 is 12.2 Å². The lowest BCUT2D eigenvalue weighted by Gasteiger charge is -2.24. The van der Waals surface area contributed by atoms with Gasteiger partial charge in [-0.15, -0.1) is 0 Å². The van der Waals surface area contributed by atoms with Crippen molar-refractivity contribution in [2.24, 2.45) is 5.92 Å². The number of amides is 2. The quantitative estimate of drug-likeness (QED) is 0.793. The molecule has 2 aliphatic rings. The zero-order valence-electron chi connectivity index (χ0n) is 14.6. The van der Waals surface area contributed by atoms with Gasteiger partial charge in [-0.2, -0.15) is 0 Å². The molecule has 0 spiro atoms. The molecule has 2 N–H and O–H groups in total. The molecule has 24 heavy (non-hydrogen) atoms. The summed E-state index contributed by atoms with van der Waals surface area (Å²) in [4.78, 5) is 25.2. The average molecular weight is 344 g/mol. The summed E-state index contributed by atoms with van der Waals surface area (Å²) in [7, 11) is 0. The third-order valence-electron chi connectivity index (χ3n) is 3.99. The van der Waals surface area contributed by atoms with Crippen LogP contribution in [-0.2, 0) is 14.2 Å². The van der Waals surface area contributed by atoms with Gasteiger partial charge in [0, 0.05) is 25.6 Å². The van der Waals surface area contributed by atoms with Crippen molar-refractivity contribution in [1.29, 1.82) is 0 Å². The van der Waals surface area contributed by atoms with E-state index in [0.29, 0.717) is 13.2 Å². The second-order valence-corrected chi connectivity index (χ2v) is 7.33. The van der Waals surface area contributed by atoms with Gasteiger partial charge in [-0.1, -0.05) is 0 Å². The largest absolute Gasteiger partial charge is 0.447 e. The maximum Gasteiger partial charge on any atom is 0.410 e. The second kappa shape index (κ2) is 8.02. The van der Waals surface area contributed by atoms with Crippen LogP contribution in [0.15, 0.2) is 0 Å². The number of carbonyl (C=O) groups excluding carboxylic acids is 2. The number of β-amino-alcohol motifs (C(OH)–C–C–N with tert-alkyl or cyclic N) is 1. The summed E-state index contributed by atoms with van der Waals surface area (Å²) in [5, 5.41) is 12.7. The minimum atomic E-state index is -0.698. The Morgan fingerprint density at radius 3 is 2.71 bits per heavy atom. The number of aliphatic hydroxyl groups is 1. The molecule has 0 saturated carbocycles. The van der Waals surface area contributed by atoms with Crippen LogP contribution in [0.2, 0.25) is 0 Å². The molecule has 3 unspecified atom stereocenters. The Kier molecular flexibility index (Phi) is 6.28. The highest BCUT2D eigenvalue weighted by Gasteiger charge is 2.36. The van der Waals surface area contributed by atoms with E-state index in [4.69, 9.17) is 14.2 Å². The van der Waals surface area contributed by atoms with Crippen LogP contribution in [0.1, 0.15) is 33.6 Å². The second-order valence-electron chi connectivity index (χ2n) is 7.33. The van der Waals surface area contributed by atoms with Gasteiger partial charge in [-0.25, -0.2) is 9.59 Å². The van der Waals surface area contributed by atoms with Crippen LogP contribution in [0, 0.1) is 5.92 Å². The van der Waals surface area contributed by atoms with Crippen LogP contribution in [0.5, 0.6) is 0 Å². The number of likely N-dealkylation sites (tertiary alicyclic amines) is 1. The first-order chi connectivity index (χ1) is 11.2. The Bertz CT molecular complexity index is 444. The number of nitrogens with one attached hydrogen (secondary N) is 1. The predicted octanol–water partition coefficient (Wildman–Crippen LogP) is 1.12. The Morgan fingerprint density at radius 1 is 1.33 bits per heavy atom. The first-order valence-corrected chi connectivity index (χ1v) is 8.43. The Hall–Kier alpha value is -1.54. The zero-order chi connectivity index (χ0) is 17.7. The molecule has 3 atom stereocenters. The fourth-order valence-electron chi connectivity index (χ4n) is 2.74. The van der Waals surface area contributed by atoms with Crippen molar-refractivity contribution in [3.05, 3.63) is 0 Å². The van der Waals surface area contributed by atoms with Crippen LogP contribution in [0.3, 0.4) is 0 Å². The number of alkyl carbamates (subject to hydrolysis) is 1. The van der Waals surface area contributed by atoms with Crippen molar-refractivity contribution >= 4 is 12.2 Å². The number of nitrogens with zero attached hydrogens (tertiary/aromatic N) is 1. The highest BCUT2D eigenvalue weighted by molar-refractivity contribution is 5.69. The van der Waals surface area contributed by atoms with E-state index < -0.39 is 23.9 Å². The number of rotatable bonds is 4. The first-order valence-electron chi connectivity index (χ1n) is 8.43. The molecule has 2 heterocycles. The molecular weight excluding hydrogens is 316 g/mol. The van der Waals surface area contributed by atoms with Crippen LogP contribution in [-0.4, -0.2) is 72.8 Å². The number of carbonyl (C=O) groups is 2. The van der Waals surface area contributed by atoms with Gasteiger partial charge < -0.3 is 29.5 Å². The average Bonchev–Trinajstić information content (AvgIpc) is 3.10. The number of hydrogen-bond acceptors (Lipinski definition) is 6. The highest BCUT2D eigenvalue weighted by Crippen LogP contribution is 2.19. The van der Waals surface area contributed by atoms with E-state index in [1.54, 1.807) is 20.8 Å². The third kappa shape index (κ3) is 5.83. The molecule has 2 amide bonds. The highest BCUT2D eigenvalue weighted by atomic mass is 16.6. The maximum atomic E-state index is 12.0. The normalized spacial score (nSPS) is 27.2. The van der Waals surface area contributed by atoms with Gasteiger partial charge in [0.05, 0.1) is 18.8 Å². The van der Waals surface area contributed by atoms with Gasteiger partial charge in [0.15, 0.2) is 0 Å². The van der Waals surface area contributed by atoms with E-state index in [1.807, 2.05) is 0 Å². The topological polar surface area (TPSA) is 97.3 Å². The number of hydrogen-bond donors (Lipinski definition) is 2. The van der Waals surface area contributed by atoms with Crippen LogP contribution in [0.25, 0.3) is 0 Å². The molecular formula is C16H28N2O6. The van der Waals surface area contributed by atoms with Crippen molar-refractivity contribution in [2.75, 3.05) is 32.8 Å². The maximum absolute atomic E-state index is 12.0. The van der Waals surface area contributed by atoms with E-state index in [1.165, 1.54) is 4.90 Å². The van der Waals surface area contributed by atoms with Crippen molar-refractivity contribution in [2.45, 2.75) is 51.4 Å². The third-order valence-corrected chi connectivity index (χ3v) is 3.99. The van der Waals surface area contributed by atoms with Gasteiger partial charge in [-0.3, -0.25) is 0 Å². The Labute approximate surface area is 142 Å². The zero-order valence-corrected chi connectivity index (χ0v) is 14.6. The number of ether oxygens (including phenoxy) is 3. The molecule has 0 aromatic rings. The van der Waals surface area contributed by atoms with E-state index in [9.17, 15) is 14.7 Å². The molecule has 2 aliphatic heterocycles. The van der Waals surface area contributed by atoms with Gasteiger partial charge in [0.1, 0.15) is 12.2 Å². The van der Waals surface area contributed by atoms with Crippen molar-refractivity contribution < 1.29 is 28.9 Å². The fourth-order valence-corrected chi connectivity index (χ4v) is 2.74. The summed E-state index contributed by atoms with van der Waals surface area (Å²) < 4.78 is 15.8. The molecule has 2 fully saturated rings. The lowest BCUT2D eigenvalue weighted by molar-refractivity contribution is 0.0270. The van der Waals surface area contributed by atoms with Crippen LogP contribution < -0.4 is 5.32 Å². The molecule has 8 heteroatoms. The molecule has 2 rings (SSSR count). The van der Waals surface area contributed by atoms with Crippen molar-refractivity contribution in [3.63, 3.8) is 0 Å². The monoisotopic (exact) mass is 344 g/mol. The smallest absolute Gasteiger partial charge is 0.410 e. The van der Waals surface area contributed by atoms with E-state index in [2.05, 4.69) is 5.32 Å². The predicted molar refractivity (Wildman–Crippen MR) is 85.6 cm³/mol. The Morgan fingerprint density at radius 2 is 2.08 bits per heavy atom. The molecule has 0 bridgehead atoms. The molecule has 0 aromatic carbocycles. The molecule has 2 saturated heterocycles. The molecule has 138 valence electrons. The molecule has 0 radical (unpaired) electrons. The van der Waals surface area contributed by atoms with Crippen LogP contribution in [0.4, 0.5) is 9.59 Å². The Balaban J connectivity index is 1.68. The standard InChI is InChI=1S/C16H28N2O6/c1-16(2,3)24-15(21)18-8-11(13(19)9-18)7-17-14(20)23-10-12-5-4-6-22-12/h11-13,19H,4-10H2,1-3H3,(H,17,20). The minimum Gasteiger partial charge on any atom is -0.447 e. The summed E-state index contributed by atoms with van der Waals surface area (Å²) in [5.74, 6) is -0.243. The molecule has 0 aromatic heterocycles.